The van der Waals surface area contributed by atoms with E-state index in [4.69, 9.17) is 0 Å². The van der Waals surface area contributed by atoms with E-state index in [1.54, 1.807) is 0 Å². The minimum Gasteiger partial charge on any atom is -0.319 e. The predicted molar refractivity (Wildman–Crippen MR) is 58.0 cm³/mol. The molecule has 1 saturated carbocycles. The first-order chi connectivity index (χ1) is 6.33. The van der Waals surface area contributed by atoms with Gasteiger partial charge >= 0.3 is 0 Å². The zero-order chi connectivity index (χ0) is 9.52. The van der Waals surface area contributed by atoms with Gasteiger partial charge in [0, 0.05) is 6.04 Å². The monoisotopic (exact) mass is 184 g/mol. The van der Waals surface area contributed by atoms with Crippen molar-refractivity contribution in [2.45, 2.75) is 45.1 Å². The lowest BCUT2D eigenvalue weighted by Crippen LogP contribution is -2.19. The van der Waals surface area contributed by atoms with Crippen LogP contribution in [0.4, 0.5) is 0 Å². The van der Waals surface area contributed by atoms with Crippen molar-refractivity contribution in [3.63, 3.8) is 0 Å². The molecule has 1 atom stereocenters. The topological polar surface area (TPSA) is 24.1 Å². The van der Waals surface area contributed by atoms with Crippen molar-refractivity contribution in [2.75, 3.05) is 20.1 Å². The first kappa shape index (κ1) is 11.0. The van der Waals surface area contributed by atoms with Gasteiger partial charge in [-0.2, -0.15) is 0 Å². The number of nitrogens with one attached hydrogen (secondary N) is 2. The van der Waals surface area contributed by atoms with E-state index in [2.05, 4.69) is 17.6 Å². The van der Waals surface area contributed by atoms with Gasteiger partial charge in [0.15, 0.2) is 0 Å². The van der Waals surface area contributed by atoms with Crippen molar-refractivity contribution in [3.05, 3.63) is 0 Å². The van der Waals surface area contributed by atoms with E-state index < -0.39 is 0 Å². The van der Waals surface area contributed by atoms with Gasteiger partial charge in [-0.1, -0.05) is 13.3 Å². The summed E-state index contributed by atoms with van der Waals surface area (Å²) in [5.41, 5.74) is 0. The lowest BCUT2D eigenvalue weighted by molar-refractivity contribution is 0.470. The van der Waals surface area contributed by atoms with Crippen molar-refractivity contribution in [1.82, 2.24) is 10.6 Å². The van der Waals surface area contributed by atoms with Gasteiger partial charge in [0.2, 0.25) is 0 Å². The highest BCUT2D eigenvalue weighted by molar-refractivity contribution is 4.80. The molecule has 0 saturated heterocycles. The maximum Gasteiger partial charge on any atom is 0.00682 e. The van der Waals surface area contributed by atoms with Gasteiger partial charge in [-0.05, 0) is 51.7 Å². The van der Waals surface area contributed by atoms with Crippen LogP contribution in [-0.4, -0.2) is 26.2 Å². The molecule has 0 aromatic rings. The summed E-state index contributed by atoms with van der Waals surface area (Å²) in [4.78, 5) is 0. The molecule has 1 fully saturated rings. The fraction of sp³-hybridized carbons (Fsp3) is 1.00. The Balaban J connectivity index is 1.76. The molecule has 2 nitrogen and oxygen atoms in total. The van der Waals surface area contributed by atoms with Crippen LogP contribution in [0.2, 0.25) is 0 Å². The maximum absolute atomic E-state index is 3.55. The van der Waals surface area contributed by atoms with Gasteiger partial charge < -0.3 is 10.6 Å². The predicted octanol–water partition coefficient (Wildman–Crippen LogP) is 1.76. The van der Waals surface area contributed by atoms with Crippen LogP contribution in [0.25, 0.3) is 0 Å². The number of unbranched alkanes of at least 4 members (excludes halogenated alkanes) is 1. The van der Waals surface area contributed by atoms with Gasteiger partial charge in [-0.15, -0.1) is 0 Å². The molecule has 0 amide bonds. The Hall–Kier alpha value is -0.0800. The zero-order valence-corrected chi connectivity index (χ0v) is 9.10. The Morgan fingerprint density at radius 3 is 2.69 bits per heavy atom. The molecule has 0 bridgehead atoms. The lowest BCUT2D eigenvalue weighted by atomic mass is 10.0. The van der Waals surface area contributed by atoms with Crippen molar-refractivity contribution in [3.8, 4) is 0 Å². The summed E-state index contributed by atoms with van der Waals surface area (Å²) in [6, 6.07) is 0.884. The Morgan fingerprint density at radius 1 is 1.31 bits per heavy atom. The molecule has 2 heteroatoms. The largest absolute Gasteiger partial charge is 0.319 e. The molecule has 13 heavy (non-hydrogen) atoms. The highest BCUT2D eigenvalue weighted by Gasteiger charge is 2.19. The molecule has 0 spiro atoms. The summed E-state index contributed by atoms with van der Waals surface area (Å²) in [7, 11) is 2.03. The molecule has 1 unspecified atom stereocenters. The normalized spacial score (nSPS) is 18.9. The first-order valence-corrected chi connectivity index (χ1v) is 5.71. The quantitative estimate of drug-likeness (QED) is 0.562. The average Bonchev–Trinajstić information content (AvgIpc) is 2.88. The summed E-state index contributed by atoms with van der Waals surface area (Å²) < 4.78 is 0. The zero-order valence-electron chi connectivity index (χ0n) is 9.10. The third-order valence-electron chi connectivity index (χ3n) is 2.69. The van der Waals surface area contributed by atoms with Crippen molar-refractivity contribution in [1.29, 1.82) is 0 Å². The minimum absolute atomic E-state index is 0.839. The van der Waals surface area contributed by atoms with Gasteiger partial charge in [0.25, 0.3) is 0 Å². The molecular formula is C11H24N2. The molecular weight excluding hydrogens is 160 g/mol. The van der Waals surface area contributed by atoms with Crippen LogP contribution in [-0.2, 0) is 0 Å². The van der Waals surface area contributed by atoms with Crippen LogP contribution >= 0.6 is 0 Å². The van der Waals surface area contributed by atoms with Crippen LogP contribution < -0.4 is 10.6 Å². The van der Waals surface area contributed by atoms with Gasteiger partial charge in [-0.3, -0.25) is 0 Å². The smallest absolute Gasteiger partial charge is 0.00682 e. The minimum atomic E-state index is 0.839. The molecule has 1 aliphatic rings. The van der Waals surface area contributed by atoms with Crippen LogP contribution in [0.5, 0.6) is 0 Å². The molecule has 78 valence electrons. The Morgan fingerprint density at radius 2 is 2.08 bits per heavy atom. The van der Waals surface area contributed by atoms with E-state index in [1.807, 2.05) is 7.05 Å². The average molecular weight is 184 g/mol. The first-order valence-electron chi connectivity index (χ1n) is 5.71. The van der Waals surface area contributed by atoms with Crippen LogP contribution in [0, 0.1) is 5.92 Å². The second kappa shape index (κ2) is 6.39. The Labute approximate surface area is 82.5 Å². The molecule has 1 rings (SSSR count). The third-order valence-corrected chi connectivity index (χ3v) is 2.69. The summed E-state index contributed by atoms with van der Waals surface area (Å²) in [5.74, 6) is 0.839. The fourth-order valence-electron chi connectivity index (χ4n) is 1.66. The highest BCUT2D eigenvalue weighted by atomic mass is 14.9. The van der Waals surface area contributed by atoms with Crippen molar-refractivity contribution >= 4 is 0 Å². The van der Waals surface area contributed by atoms with Crippen LogP contribution in [0.15, 0.2) is 0 Å². The molecule has 2 N–H and O–H groups in total. The lowest BCUT2D eigenvalue weighted by Gasteiger charge is -2.10. The molecule has 0 aliphatic heterocycles. The maximum atomic E-state index is 3.55. The van der Waals surface area contributed by atoms with E-state index in [1.165, 1.54) is 38.6 Å². The highest BCUT2D eigenvalue weighted by Crippen LogP contribution is 2.18. The van der Waals surface area contributed by atoms with Crippen LogP contribution in [0.3, 0.4) is 0 Å². The fourth-order valence-corrected chi connectivity index (χ4v) is 1.66. The van der Waals surface area contributed by atoms with Crippen molar-refractivity contribution < 1.29 is 0 Å². The summed E-state index contributed by atoms with van der Waals surface area (Å²) in [6.45, 7) is 4.72. The molecule has 0 radical (unpaired) electrons. The van der Waals surface area contributed by atoms with Gasteiger partial charge in [-0.25, -0.2) is 0 Å². The summed E-state index contributed by atoms with van der Waals surface area (Å²) in [6.07, 6.45) is 6.92. The standard InChI is InChI=1S/C11H24N2/c1-10(9-12-2)5-3-4-8-13-11-6-7-11/h10-13H,3-9H2,1-2H3. The second-order valence-electron chi connectivity index (χ2n) is 4.39. The number of hydrogen-bond donors (Lipinski definition) is 2. The third kappa shape index (κ3) is 6.05. The van der Waals surface area contributed by atoms with Gasteiger partial charge in [0.1, 0.15) is 0 Å². The summed E-state index contributed by atoms with van der Waals surface area (Å²) >= 11 is 0. The van der Waals surface area contributed by atoms with E-state index in [0.717, 1.165) is 18.5 Å². The van der Waals surface area contributed by atoms with Crippen molar-refractivity contribution in [2.24, 2.45) is 5.92 Å². The summed E-state index contributed by atoms with van der Waals surface area (Å²) in [5, 5.41) is 6.77. The Kier molecular flexibility index (Phi) is 5.40. The van der Waals surface area contributed by atoms with Gasteiger partial charge in [0.05, 0.1) is 0 Å². The molecule has 0 heterocycles. The van der Waals surface area contributed by atoms with E-state index >= 15 is 0 Å². The van der Waals surface area contributed by atoms with Crippen LogP contribution in [0.1, 0.15) is 39.0 Å². The SMILES string of the molecule is CNCC(C)CCCCNC1CC1. The number of rotatable bonds is 8. The molecule has 1 aliphatic carbocycles. The number of hydrogen-bond acceptors (Lipinski definition) is 2. The Bertz CT molecular complexity index is 121. The van der Waals surface area contributed by atoms with E-state index in [-0.39, 0.29) is 0 Å². The molecule has 0 aromatic heterocycles. The second-order valence-corrected chi connectivity index (χ2v) is 4.39. The molecule has 0 aromatic carbocycles. The van der Waals surface area contributed by atoms with E-state index in [9.17, 15) is 0 Å². The van der Waals surface area contributed by atoms with E-state index in [0.29, 0.717) is 0 Å².